The second-order valence-corrected chi connectivity index (χ2v) is 12.7. The number of urea groups is 1. The summed E-state index contributed by atoms with van der Waals surface area (Å²) in [5.41, 5.74) is 2.37. The highest BCUT2D eigenvalue weighted by Crippen LogP contribution is 2.31. The zero-order chi connectivity index (χ0) is 29.4. The summed E-state index contributed by atoms with van der Waals surface area (Å²) >= 11 is 0. The maximum atomic E-state index is 12.6. The molecule has 2 aromatic rings. The molecule has 4 aliphatic rings. The Bertz CT molecular complexity index is 1170. The lowest BCUT2D eigenvalue weighted by Gasteiger charge is -2.37. The van der Waals surface area contributed by atoms with Crippen molar-refractivity contribution < 1.29 is 14.3 Å². The van der Waals surface area contributed by atoms with Gasteiger partial charge >= 0.3 is 6.03 Å². The molecule has 0 radical (unpaired) electrons. The zero-order valence-electron chi connectivity index (χ0n) is 26.0. The van der Waals surface area contributed by atoms with E-state index in [-0.39, 0.29) is 6.03 Å². The summed E-state index contributed by atoms with van der Waals surface area (Å²) in [4.78, 5) is 27.2. The quantitative estimate of drug-likeness (QED) is 0.471. The number of carbonyl (C=O) groups excluding carboxylic acids is 1. The number of piperidine rings is 1. The van der Waals surface area contributed by atoms with E-state index in [1.54, 1.807) is 7.11 Å². The second-order valence-electron chi connectivity index (χ2n) is 12.7. The number of morpholine rings is 1. The third-order valence-corrected chi connectivity index (χ3v) is 9.92. The molecule has 1 saturated carbocycles. The number of rotatable bonds is 8. The van der Waals surface area contributed by atoms with E-state index in [2.05, 4.69) is 44.3 Å². The molecule has 1 aromatic heterocycles. The number of carbonyl (C=O) groups is 1. The predicted molar refractivity (Wildman–Crippen MR) is 172 cm³/mol. The molecule has 9 nitrogen and oxygen atoms in total. The van der Waals surface area contributed by atoms with E-state index in [9.17, 15) is 4.79 Å². The Morgan fingerprint density at radius 3 is 2.14 bits per heavy atom. The Kier molecular flexibility index (Phi) is 10.2. The molecule has 9 heteroatoms. The first-order valence-corrected chi connectivity index (χ1v) is 16.7. The van der Waals surface area contributed by atoms with Crippen LogP contribution >= 0.6 is 0 Å². The summed E-state index contributed by atoms with van der Waals surface area (Å²) in [6.07, 6.45) is 9.54. The molecule has 1 N–H and O–H groups in total. The number of methoxy groups -OCH3 is 1. The zero-order valence-corrected chi connectivity index (χ0v) is 26.0. The van der Waals surface area contributed by atoms with Crippen LogP contribution < -0.4 is 19.9 Å². The summed E-state index contributed by atoms with van der Waals surface area (Å²) in [7, 11) is 1.71. The van der Waals surface area contributed by atoms with Crippen molar-refractivity contribution in [3.05, 3.63) is 36.4 Å². The van der Waals surface area contributed by atoms with Crippen LogP contribution in [0.4, 0.5) is 16.4 Å². The SMILES string of the molecule is COc1ccc(-c2cc(N3CCOCC3)nc(N3CCN(CC[C@H]4CC[C@H](NC(=O)N5CCCCC5)CC4)CC3)c2)cc1. The molecule has 0 bridgehead atoms. The number of ether oxygens (including phenoxy) is 2. The van der Waals surface area contributed by atoms with Crippen LogP contribution in [-0.4, -0.2) is 106 Å². The van der Waals surface area contributed by atoms with Crippen LogP contribution in [0.15, 0.2) is 36.4 Å². The van der Waals surface area contributed by atoms with Gasteiger partial charge in [0.1, 0.15) is 17.4 Å². The van der Waals surface area contributed by atoms with E-state index in [4.69, 9.17) is 14.5 Å². The van der Waals surface area contributed by atoms with Crippen molar-refractivity contribution in [3.63, 3.8) is 0 Å². The van der Waals surface area contributed by atoms with Crippen molar-refractivity contribution in [3.8, 4) is 16.9 Å². The van der Waals surface area contributed by atoms with Gasteiger partial charge in [0.15, 0.2) is 0 Å². The van der Waals surface area contributed by atoms with Crippen molar-refractivity contribution in [1.82, 2.24) is 20.1 Å². The van der Waals surface area contributed by atoms with Gasteiger partial charge in [0, 0.05) is 58.4 Å². The topological polar surface area (TPSA) is 73.4 Å². The number of hydrogen-bond acceptors (Lipinski definition) is 7. The van der Waals surface area contributed by atoms with Gasteiger partial charge in [-0.15, -0.1) is 0 Å². The van der Waals surface area contributed by atoms with Crippen LogP contribution in [0.5, 0.6) is 5.75 Å². The van der Waals surface area contributed by atoms with Gasteiger partial charge in [0.25, 0.3) is 0 Å². The number of piperazine rings is 1. The highest BCUT2D eigenvalue weighted by atomic mass is 16.5. The van der Waals surface area contributed by atoms with Gasteiger partial charge in [-0.25, -0.2) is 9.78 Å². The van der Waals surface area contributed by atoms with Crippen molar-refractivity contribution in [2.75, 3.05) is 89.0 Å². The second kappa shape index (κ2) is 14.6. The number of benzene rings is 1. The number of amides is 2. The molecule has 0 unspecified atom stereocenters. The van der Waals surface area contributed by atoms with E-state index in [1.807, 2.05) is 17.0 Å². The van der Waals surface area contributed by atoms with Gasteiger partial charge in [-0.2, -0.15) is 0 Å². The van der Waals surface area contributed by atoms with Crippen molar-refractivity contribution in [1.29, 1.82) is 0 Å². The minimum atomic E-state index is 0.169. The highest BCUT2D eigenvalue weighted by Gasteiger charge is 2.26. The van der Waals surface area contributed by atoms with Gasteiger partial charge in [0.05, 0.1) is 20.3 Å². The number of aromatic nitrogens is 1. The van der Waals surface area contributed by atoms with E-state index < -0.39 is 0 Å². The first kappa shape index (κ1) is 30.0. The molecule has 234 valence electrons. The maximum absolute atomic E-state index is 12.6. The molecule has 3 aliphatic heterocycles. The summed E-state index contributed by atoms with van der Waals surface area (Å²) in [5, 5.41) is 3.33. The first-order valence-electron chi connectivity index (χ1n) is 16.7. The number of hydrogen-bond donors (Lipinski definition) is 1. The lowest BCUT2D eigenvalue weighted by molar-refractivity contribution is 0.122. The van der Waals surface area contributed by atoms with Crippen molar-refractivity contribution in [2.45, 2.75) is 57.4 Å². The van der Waals surface area contributed by atoms with Gasteiger partial charge in [0.2, 0.25) is 0 Å². The van der Waals surface area contributed by atoms with E-state index in [0.717, 1.165) is 115 Å². The van der Waals surface area contributed by atoms with E-state index >= 15 is 0 Å². The van der Waals surface area contributed by atoms with E-state index in [0.29, 0.717) is 6.04 Å². The summed E-state index contributed by atoms with van der Waals surface area (Å²) in [6, 6.07) is 13.3. The Morgan fingerprint density at radius 2 is 1.49 bits per heavy atom. The van der Waals surface area contributed by atoms with Crippen LogP contribution in [-0.2, 0) is 4.74 Å². The van der Waals surface area contributed by atoms with Gasteiger partial charge < -0.3 is 29.5 Å². The molecule has 0 atom stereocenters. The Morgan fingerprint density at radius 1 is 0.837 bits per heavy atom. The van der Waals surface area contributed by atoms with Crippen LogP contribution in [0, 0.1) is 5.92 Å². The molecular weight excluding hydrogens is 540 g/mol. The third-order valence-electron chi connectivity index (χ3n) is 9.92. The number of nitrogens with zero attached hydrogens (tertiary/aromatic N) is 5. The molecule has 1 aliphatic carbocycles. The largest absolute Gasteiger partial charge is 0.497 e. The van der Waals surface area contributed by atoms with Crippen LogP contribution in [0.3, 0.4) is 0 Å². The Balaban J connectivity index is 0.996. The molecule has 0 spiro atoms. The predicted octanol–water partition coefficient (Wildman–Crippen LogP) is 4.86. The number of likely N-dealkylation sites (tertiary alicyclic amines) is 1. The fourth-order valence-electron chi connectivity index (χ4n) is 7.09. The average molecular weight is 591 g/mol. The standard InChI is InChI=1S/C34H50N6O3/c1-42-31-11-7-28(8-12-31)29-25-32(36-33(26-29)39-21-23-43-24-22-39)38-19-17-37(18-20-38)16-13-27-5-9-30(10-6-27)35-34(41)40-14-3-2-4-15-40/h7-8,11-12,25-27,30H,2-6,9-10,13-24H2,1H3,(H,35,41)/t27-,30-. The molecule has 2 amide bonds. The maximum Gasteiger partial charge on any atom is 0.317 e. The highest BCUT2D eigenvalue weighted by molar-refractivity contribution is 5.74. The lowest BCUT2D eigenvalue weighted by Crippen LogP contribution is -2.48. The minimum Gasteiger partial charge on any atom is -0.497 e. The summed E-state index contributed by atoms with van der Waals surface area (Å²) in [6.45, 7) is 10.4. The summed E-state index contributed by atoms with van der Waals surface area (Å²) < 4.78 is 11.0. The van der Waals surface area contributed by atoms with Crippen LogP contribution in [0.25, 0.3) is 11.1 Å². The van der Waals surface area contributed by atoms with Gasteiger partial charge in [-0.1, -0.05) is 12.1 Å². The normalized spacial score (nSPS) is 23.7. The van der Waals surface area contributed by atoms with Crippen LogP contribution in [0.2, 0.25) is 0 Å². The Hall–Kier alpha value is -3.04. The molecule has 4 heterocycles. The lowest BCUT2D eigenvalue weighted by atomic mass is 9.84. The third kappa shape index (κ3) is 7.92. The minimum absolute atomic E-state index is 0.169. The first-order chi connectivity index (χ1) is 21.1. The van der Waals surface area contributed by atoms with Gasteiger partial charge in [-0.05, 0) is 99.2 Å². The van der Waals surface area contributed by atoms with E-state index in [1.165, 1.54) is 43.4 Å². The number of pyridine rings is 1. The van der Waals surface area contributed by atoms with Crippen molar-refractivity contribution >= 4 is 17.7 Å². The fourth-order valence-corrected chi connectivity index (χ4v) is 7.09. The average Bonchev–Trinajstić information content (AvgIpc) is 3.09. The fraction of sp³-hybridized carbons (Fsp3) is 0.647. The summed E-state index contributed by atoms with van der Waals surface area (Å²) in [5.74, 6) is 3.76. The number of anilines is 2. The van der Waals surface area contributed by atoms with Crippen LogP contribution in [0.1, 0.15) is 51.4 Å². The molecule has 4 fully saturated rings. The smallest absolute Gasteiger partial charge is 0.317 e. The Labute approximate surface area is 257 Å². The molecule has 3 saturated heterocycles. The van der Waals surface area contributed by atoms with Gasteiger partial charge in [-0.3, -0.25) is 4.90 Å². The molecule has 43 heavy (non-hydrogen) atoms. The van der Waals surface area contributed by atoms with Crippen molar-refractivity contribution in [2.24, 2.45) is 5.92 Å². The molecular formula is C34H50N6O3. The molecule has 1 aromatic carbocycles. The number of nitrogens with one attached hydrogen (secondary N) is 1. The molecule has 6 rings (SSSR count). The monoisotopic (exact) mass is 590 g/mol.